The van der Waals surface area contributed by atoms with Gasteiger partial charge in [0, 0.05) is 38.8 Å². The van der Waals surface area contributed by atoms with Crippen LogP contribution in [0.2, 0.25) is 0 Å². The Kier molecular flexibility index (Phi) is 11.2. The van der Waals surface area contributed by atoms with E-state index in [0.29, 0.717) is 12.5 Å². The van der Waals surface area contributed by atoms with Crippen LogP contribution in [0.3, 0.4) is 0 Å². The van der Waals surface area contributed by atoms with Crippen LogP contribution in [0.5, 0.6) is 11.5 Å². The first-order chi connectivity index (χ1) is 15.1. The van der Waals surface area contributed by atoms with E-state index < -0.39 is 6.61 Å². The minimum absolute atomic E-state index is 0. The number of alkyl halides is 2. The molecule has 1 heterocycles. The molecule has 7 nitrogen and oxygen atoms in total. The topological polar surface area (TPSA) is 67.4 Å². The zero-order valence-corrected chi connectivity index (χ0v) is 21.2. The summed E-state index contributed by atoms with van der Waals surface area (Å²) in [5.41, 5.74) is 0.915. The Morgan fingerprint density at radius 2 is 1.88 bits per heavy atom. The van der Waals surface area contributed by atoms with E-state index in [1.807, 2.05) is 6.07 Å². The third-order valence-electron chi connectivity index (χ3n) is 6.18. The molecule has 32 heavy (non-hydrogen) atoms. The number of hydrogen-bond acceptors (Lipinski definition) is 5. The van der Waals surface area contributed by atoms with Crippen LogP contribution in [0.25, 0.3) is 0 Å². The maximum atomic E-state index is 12.7. The van der Waals surface area contributed by atoms with E-state index in [1.165, 1.54) is 39.2 Å². The van der Waals surface area contributed by atoms with Crippen molar-refractivity contribution in [3.8, 4) is 11.5 Å². The zero-order valence-electron chi connectivity index (χ0n) is 18.9. The first-order valence-electron chi connectivity index (χ1n) is 11.0. The van der Waals surface area contributed by atoms with Crippen molar-refractivity contribution in [2.75, 3.05) is 47.0 Å². The van der Waals surface area contributed by atoms with Crippen molar-refractivity contribution in [1.29, 1.82) is 0 Å². The van der Waals surface area contributed by atoms with Crippen LogP contribution in [0.1, 0.15) is 37.7 Å². The Labute approximate surface area is 206 Å². The number of nitrogens with one attached hydrogen (secondary N) is 2. The number of methoxy groups -OCH3 is 1. The largest absolute Gasteiger partial charge is 0.493 e. The summed E-state index contributed by atoms with van der Waals surface area (Å²) in [6, 6.07) is 5.00. The van der Waals surface area contributed by atoms with Crippen molar-refractivity contribution in [2.24, 2.45) is 4.99 Å². The second kappa shape index (κ2) is 13.3. The molecule has 1 aromatic carbocycles. The molecule has 2 aliphatic rings. The van der Waals surface area contributed by atoms with Gasteiger partial charge in [0.1, 0.15) is 0 Å². The highest BCUT2D eigenvalue weighted by Crippen LogP contribution is 2.34. The smallest absolute Gasteiger partial charge is 0.387 e. The number of halogens is 3. The minimum Gasteiger partial charge on any atom is -0.493 e. The van der Waals surface area contributed by atoms with Gasteiger partial charge in [-0.3, -0.25) is 9.89 Å². The molecule has 1 saturated heterocycles. The lowest BCUT2D eigenvalue weighted by atomic mass is 9.80. The standard InChI is InChI=1S/C22H34F2N4O3.HI/c1-25-21(26-15-17-6-7-18(29-2)19(14-17)31-20(23)24)27-16-22(8-4-3-5-9-22)28-10-12-30-13-11-28;/h6-7,14,20H,3-5,8-13,15-16H2,1-2H3,(H2,25,26,27);1H. The number of hydrogen-bond donors (Lipinski definition) is 2. The molecular formula is C22H35F2IN4O3. The van der Waals surface area contributed by atoms with Gasteiger partial charge in [0.2, 0.25) is 0 Å². The fraction of sp³-hybridized carbons (Fsp3) is 0.682. The van der Waals surface area contributed by atoms with Gasteiger partial charge in [-0.2, -0.15) is 8.78 Å². The molecule has 10 heteroatoms. The first kappa shape index (κ1) is 26.8. The molecule has 1 saturated carbocycles. The van der Waals surface area contributed by atoms with Gasteiger partial charge in [-0.05, 0) is 30.5 Å². The molecule has 0 aromatic heterocycles. The van der Waals surface area contributed by atoms with Crippen molar-refractivity contribution < 1.29 is 23.0 Å². The second-order valence-electron chi connectivity index (χ2n) is 8.03. The third kappa shape index (κ3) is 7.31. The number of benzene rings is 1. The van der Waals surface area contributed by atoms with E-state index in [-0.39, 0.29) is 41.0 Å². The predicted molar refractivity (Wildman–Crippen MR) is 131 cm³/mol. The number of morpholine rings is 1. The molecule has 0 atom stereocenters. The average Bonchev–Trinajstić information content (AvgIpc) is 2.80. The Balaban J connectivity index is 0.00000363. The molecule has 0 radical (unpaired) electrons. The highest BCUT2D eigenvalue weighted by Gasteiger charge is 2.38. The average molecular weight is 568 g/mol. The summed E-state index contributed by atoms with van der Waals surface area (Å²) in [5.74, 6) is 0.981. The van der Waals surface area contributed by atoms with Gasteiger partial charge in [0.05, 0.1) is 20.3 Å². The van der Waals surface area contributed by atoms with Gasteiger partial charge in [-0.15, -0.1) is 24.0 Å². The highest BCUT2D eigenvalue weighted by molar-refractivity contribution is 14.0. The molecule has 1 aromatic rings. The summed E-state index contributed by atoms with van der Waals surface area (Å²) < 4.78 is 40.6. The van der Waals surface area contributed by atoms with Crippen LogP contribution >= 0.6 is 24.0 Å². The summed E-state index contributed by atoms with van der Waals surface area (Å²) in [6.45, 7) is 1.84. The van der Waals surface area contributed by atoms with Crippen LogP contribution in [-0.2, 0) is 11.3 Å². The van der Waals surface area contributed by atoms with Gasteiger partial charge < -0.3 is 24.8 Å². The lowest BCUT2D eigenvalue weighted by Gasteiger charge is -2.48. The highest BCUT2D eigenvalue weighted by atomic mass is 127. The van der Waals surface area contributed by atoms with E-state index in [0.717, 1.165) is 38.4 Å². The fourth-order valence-electron chi connectivity index (χ4n) is 4.53. The van der Waals surface area contributed by atoms with Crippen molar-refractivity contribution in [1.82, 2.24) is 15.5 Å². The molecule has 0 spiro atoms. The monoisotopic (exact) mass is 568 g/mol. The Morgan fingerprint density at radius 1 is 1.16 bits per heavy atom. The zero-order chi connectivity index (χ0) is 22.1. The third-order valence-corrected chi connectivity index (χ3v) is 6.18. The van der Waals surface area contributed by atoms with E-state index >= 15 is 0 Å². The fourth-order valence-corrected chi connectivity index (χ4v) is 4.53. The number of rotatable bonds is 8. The molecule has 0 unspecified atom stereocenters. The van der Waals surface area contributed by atoms with E-state index in [9.17, 15) is 8.78 Å². The van der Waals surface area contributed by atoms with Gasteiger partial charge in [-0.25, -0.2) is 0 Å². The Hall–Kier alpha value is -1.40. The summed E-state index contributed by atoms with van der Waals surface area (Å²) in [4.78, 5) is 6.92. The molecule has 1 aliphatic heterocycles. The van der Waals surface area contributed by atoms with Gasteiger partial charge in [0.25, 0.3) is 0 Å². The molecular weight excluding hydrogens is 533 g/mol. The summed E-state index contributed by atoms with van der Waals surface area (Å²) >= 11 is 0. The van der Waals surface area contributed by atoms with Crippen LogP contribution in [0, 0.1) is 0 Å². The van der Waals surface area contributed by atoms with E-state index in [1.54, 1.807) is 19.2 Å². The number of aliphatic imine (C=N–C) groups is 1. The number of ether oxygens (including phenoxy) is 3. The normalized spacial score (nSPS) is 19.2. The van der Waals surface area contributed by atoms with Gasteiger partial charge >= 0.3 is 6.61 Å². The molecule has 0 bridgehead atoms. The SMILES string of the molecule is CN=C(NCc1ccc(OC)c(OC(F)F)c1)NCC1(N2CCOCC2)CCCCC1.I. The van der Waals surface area contributed by atoms with E-state index in [2.05, 4.69) is 25.3 Å². The molecule has 2 fully saturated rings. The van der Waals surface area contributed by atoms with E-state index in [4.69, 9.17) is 9.47 Å². The molecule has 3 rings (SSSR count). The van der Waals surface area contributed by atoms with Crippen LogP contribution < -0.4 is 20.1 Å². The van der Waals surface area contributed by atoms with Crippen LogP contribution in [0.4, 0.5) is 8.78 Å². The van der Waals surface area contributed by atoms with Crippen molar-refractivity contribution in [3.63, 3.8) is 0 Å². The number of guanidine groups is 1. The quantitative estimate of drug-likeness (QED) is 0.284. The Bertz CT molecular complexity index is 727. The molecule has 0 amide bonds. The molecule has 1 aliphatic carbocycles. The van der Waals surface area contributed by atoms with Gasteiger partial charge in [-0.1, -0.05) is 25.3 Å². The summed E-state index contributed by atoms with van der Waals surface area (Å²) in [5, 5.41) is 6.77. The maximum absolute atomic E-state index is 12.7. The molecule has 182 valence electrons. The molecule has 2 N–H and O–H groups in total. The number of nitrogens with zero attached hydrogens (tertiary/aromatic N) is 2. The summed E-state index contributed by atoms with van der Waals surface area (Å²) in [7, 11) is 3.16. The lowest BCUT2D eigenvalue weighted by molar-refractivity contribution is -0.0512. The van der Waals surface area contributed by atoms with Crippen LogP contribution in [0.15, 0.2) is 23.2 Å². The van der Waals surface area contributed by atoms with Crippen molar-refractivity contribution in [2.45, 2.75) is 50.8 Å². The van der Waals surface area contributed by atoms with Gasteiger partial charge in [0.15, 0.2) is 17.5 Å². The summed E-state index contributed by atoms with van der Waals surface area (Å²) in [6.07, 6.45) is 6.11. The Morgan fingerprint density at radius 3 is 2.50 bits per heavy atom. The minimum atomic E-state index is -2.90. The van der Waals surface area contributed by atoms with Crippen LogP contribution in [-0.4, -0.2) is 70.0 Å². The maximum Gasteiger partial charge on any atom is 0.387 e. The predicted octanol–water partition coefficient (Wildman–Crippen LogP) is 3.61. The lowest BCUT2D eigenvalue weighted by Crippen LogP contribution is -2.60. The first-order valence-corrected chi connectivity index (χ1v) is 11.0. The second-order valence-corrected chi connectivity index (χ2v) is 8.03. The van der Waals surface area contributed by atoms with Crippen molar-refractivity contribution >= 4 is 29.9 Å². The van der Waals surface area contributed by atoms with Crippen molar-refractivity contribution in [3.05, 3.63) is 23.8 Å².